The van der Waals surface area contributed by atoms with Gasteiger partial charge in [-0.3, -0.25) is 9.52 Å². The number of rotatable bonds is 4. The Kier molecular flexibility index (Phi) is 5.01. The molecule has 3 rings (SSSR count). The zero-order valence-corrected chi connectivity index (χ0v) is 17.4. The second kappa shape index (κ2) is 7.01. The third kappa shape index (κ3) is 3.64. The van der Waals surface area contributed by atoms with Crippen LogP contribution in [0, 0.1) is 12.3 Å². The highest BCUT2D eigenvalue weighted by molar-refractivity contribution is 7.92. The molecule has 1 heterocycles. The van der Waals surface area contributed by atoms with Crippen molar-refractivity contribution in [2.45, 2.75) is 25.7 Å². The number of carbonyl (C=O) groups is 1. The molecule has 28 heavy (non-hydrogen) atoms. The third-order valence-electron chi connectivity index (χ3n) is 4.72. The summed E-state index contributed by atoms with van der Waals surface area (Å²) in [5, 5.41) is 0. The SMILES string of the molecule is COc1ccc(S(=O)(=O)Nc2ccc3c(c2)OCC(C)(C)C(=O)N3C)cc1C. The van der Waals surface area contributed by atoms with Gasteiger partial charge in [-0.2, -0.15) is 0 Å². The van der Waals surface area contributed by atoms with Gasteiger partial charge < -0.3 is 14.4 Å². The van der Waals surface area contributed by atoms with E-state index in [1.165, 1.54) is 18.1 Å². The van der Waals surface area contributed by atoms with Crippen LogP contribution in [0.25, 0.3) is 0 Å². The molecule has 2 aromatic rings. The highest BCUT2D eigenvalue weighted by Crippen LogP contribution is 2.37. The Morgan fingerprint density at radius 1 is 1.18 bits per heavy atom. The van der Waals surface area contributed by atoms with Crippen LogP contribution in [0.15, 0.2) is 41.3 Å². The first-order valence-corrected chi connectivity index (χ1v) is 10.3. The topological polar surface area (TPSA) is 84.9 Å². The molecule has 2 aromatic carbocycles. The lowest BCUT2D eigenvalue weighted by Gasteiger charge is -2.24. The number of aryl methyl sites for hydroxylation is 1. The van der Waals surface area contributed by atoms with Crippen LogP contribution in [0.3, 0.4) is 0 Å². The van der Waals surface area contributed by atoms with Gasteiger partial charge in [0, 0.05) is 13.1 Å². The Morgan fingerprint density at radius 3 is 2.54 bits per heavy atom. The van der Waals surface area contributed by atoms with Crippen molar-refractivity contribution in [2.24, 2.45) is 5.41 Å². The van der Waals surface area contributed by atoms with E-state index < -0.39 is 15.4 Å². The highest BCUT2D eigenvalue weighted by Gasteiger charge is 2.36. The third-order valence-corrected chi connectivity index (χ3v) is 6.10. The second-order valence-electron chi connectivity index (χ2n) is 7.46. The molecule has 8 heteroatoms. The normalized spacial score (nSPS) is 16.0. The summed E-state index contributed by atoms with van der Waals surface area (Å²) < 4.78 is 39.0. The number of benzene rings is 2. The summed E-state index contributed by atoms with van der Waals surface area (Å²) in [5.41, 5.74) is 0.998. The molecule has 1 amide bonds. The fourth-order valence-corrected chi connectivity index (χ4v) is 4.22. The number of carbonyl (C=O) groups excluding carboxylic acids is 1. The van der Waals surface area contributed by atoms with Gasteiger partial charge in [0.2, 0.25) is 5.91 Å². The first-order valence-electron chi connectivity index (χ1n) is 8.77. The largest absolute Gasteiger partial charge is 0.496 e. The van der Waals surface area contributed by atoms with Crippen molar-refractivity contribution in [2.75, 3.05) is 30.4 Å². The first-order chi connectivity index (χ1) is 13.0. The van der Waals surface area contributed by atoms with Crippen LogP contribution in [0.5, 0.6) is 11.5 Å². The van der Waals surface area contributed by atoms with Gasteiger partial charge in [-0.05, 0) is 56.7 Å². The summed E-state index contributed by atoms with van der Waals surface area (Å²) in [6, 6.07) is 9.53. The van der Waals surface area contributed by atoms with Gasteiger partial charge in [0.25, 0.3) is 10.0 Å². The average molecular weight is 404 g/mol. The summed E-state index contributed by atoms with van der Waals surface area (Å²) in [7, 11) is -0.568. The minimum absolute atomic E-state index is 0.0618. The van der Waals surface area contributed by atoms with Crippen LogP contribution in [-0.4, -0.2) is 35.1 Å². The Labute approximate surface area is 165 Å². The lowest BCUT2D eigenvalue weighted by atomic mass is 9.93. The summed E-state index contributed by atoms with van der Waals surface area (Å²) in [6.07, 6.45) is 0. The van der Waals surface area contributed by atoms with Gasteiger partial charge in [0.1, 0.15) is 18.1 Å². The monoisotopic (exact) mass is 404 g/mol. The Morgan fingerprint density at radius 2 is 1.89 bits per heavy atom. The van der Waals surface area contributed by atoms with Crippen molar-refractivity contribution >= 4 is 27.3 Å². The lowest BCUT2D eigenvalue weighted by molar-refractivity contribution is -0.127. The number of nitrogens with one attached hydrogen (secondary N) is 1. The first kappa shape index (κ1) is 20.0. The minimum Gasteiger partial charge on any atom is -0.496 e. The summed E-state index contributed by atoms with van der Waals surface area (Å²) in [6.45, 7) is 5.61. The van der Waals surface area contributed by atoms with Gasteiger partial charge in [0.05, 0.1) is 28.8 Å². The molecule has 0 saturated carbocycles. The van der Waals surface area contributed by atoms with Crippen LogP contribution < -0.4 is 19.1 Å². The van der Waals surface area contributed by atoms with Crippen LogP contribution in [0.1, 0.15) is 19.4 Å². The van der Waals surface area contributed by atoms with Crippen LogP contribution >= 0.6 is 0 Å². The van der Waals surface area contributed by atoms with E-state index in [9.17, 15) is 13.2 Å². The number of amides is 1. The number of sulfonamides is 1. The molecule has 0 fully saturated rings. The van der Waals surface area contributed by atoms with Crippen molar-refractivity contribution in [3.05, 3.63) is 42.0 Å². The molecule has 0 saturated heterocycles. The number of hydrogen-bond acceptors (Lipinski definition) is 5. The lowest BCUT2D eigenvalue weighted by Crippen LogP contribution is -2.39. The second-order valence-corrected chi connectivity index (χ2v) is 9.14. The molecule has 1 aliphatic heterocycles. The smallest absolute Gasteiger partial charge is 0.261 e. The summed E-state index contributed by atoms with van der Waals surface area (Å²) in [5.74, 6) is 1.01. The average Bonchev–Trinajstić information content (AvgIpc) is 2.72. The van der Waals surface area contributed by atoms with E-state index in [4.69, 9.17) is 9.47 Å². The van der Waals surface area contributed by atoms with Crippen molar-refractivity contribution in [3.8, 4) is 11.5 Å². The molecule has 0 spiro atoms. The maximum absolute atomic E-state index is 12.8. The van der Waals surface area contributed by atoms with E-state index in [-0.39, 0.29) is 17.4 Å². The van der Waals surface area contributed by atoms with E-state index in [1.807, 2.05) is 13.8 Å². The molecule has 7 nitrogen and oxygen atoms in total. The number of methoxy groups -OCH3 is 1. The zero-order valence-electron chi connectivity index (χ0n) is 16.6. The maximum atomic E-state index is 12.8. The molecular weight excluding hydrogens is 380 g/mol. The minimum atomic E-state index is -3.79. The van der Waals surface area contributed by atoms with Crippen LogP contribution in [0.2, 0.25) is 0 Å². The van der Waals surface area contributed by atoms with Gasteiger partial charge >= 0.3 is 0 Å². The number of anilines is 2. The van der Waals surface area contributed by atoms with Crippen molar-refractivity contribution in [3.63, 3.8) is 0 Å². The molecule has 0 aromatic heterocycles. The van der Waals surface area contributed by atoms with Gasteiger partial charge in [-0.1, -0.05) is 0 Å². The summed E-state index contributed by atoms with van der Waals surface area (Å²) >= 11 is 0. The fourth-order valence-electron chi connectivity index (χ4n) is 3.09. The zero-order chi connectivity index (χ0) is 20.7. The summed E-state index contributed by atoms with van der Waals surface area (Å²) in [4.78, 5) is 14.2. The van der Waals surface area contributed by atoms with Crippen molar-refractivity contribution in [1.82, 2.24) is 0 Å². The standard InChI is InChI=1S/C20H24N2O5S/c1-13-10-15(7-9-17(13)26-5)28(24,25)21-14-6-8-16-18(11-14)27-12-20(2,3)19(23)22(16)4/h6-11,21H,12H2,1-5H3. The van der Waals surface area contributed by atoms with E-state index in [1.54, 1.807) is 44.3 Å². The quantitative estimate of drug-likeness (QED) is 0.846. The molecule has 1 aliphatic rings. The van der Waals surface area contributed by atoms with E-state index in [0.717, 1.165) is 5.56 Å². The molecule has 0 radical (unpaired) electrons. The number of hydrogen-bond donors (Lipinski definition) is 1. The van der Waals surface area contributed by atoms with E-state index in [0.29, 0.717) is 22.9 Å². The molecule has 0 atom stereocenters. The highest BCUT2D eigenvalue weighted by atomic mass is 32.2. The van der Waals surface area contributed by atoms with Crippen LogP contribution in [-0.2, 0) is 14.8 Å². The van der Waals surface area contributed by atoms with Gasteiger partial charge in [-0.15, -0.1) is 0 Å². The Balaban J connectivity index is 1.91. The van der Waals surface area contributed by atoms with E-state index in [2.05, 4.69) is 4.72 Å². The van der Waals surface area contributed by atoms with Crippen molar-refractivity contribution < 1.29 is 22.7 Å². The Bertz CT molecular complexity index is 1030. The van der Waals surface area contributed by atoms with E-state index >= 15 is 0 Å². The van der Waals surface area contributed by atoms with Gasteiger partial charge in [-0.25, -0.2) is 8.42 Å². The maximum Gasteiger partial charge on any atom is 0.261 e. The number of fused-ring (bicyclic) bond motifs is 1. The molecular formula is C20H24N2O5S. The molecule has 0 unspecified atom stereocenters. The van der Waals surface area contributed by atoms with Gasteiger partial charge in [0.15, 0.2) is 0 Å². The predicted octanol–water partition coefficient (Wildman–Crippen LogP) is 3.19. The number of nitrogens with zero attached hydrogens (tertiary/aromatic N) is 1. The molecule has 0 aliphatic carbocycles. The molecule has 0 bridgehead atoms. The Hall–Kier alpha value is -2.74. The van der Waals surface area contributed by atoms with Crippen molar-refractivity contribution in [1.29, 1.82) is 0 Å². The molecule has 1 N–H and O–H groups in total. The fraction of sp³-hybridized carbons (Fsp3) is 0.350. The van der Waals surface area contributed by atoms with Crippen LogP contribution in [0.4, 0.5) is 11.4 Å². The predicted molar refractivity (Wildman–Crippen MR) is 108 cm³/mol. The number of ether oxygens (including phenoxy) is 2. The molecule has 150 valence electrons.